The molecule has 0 atom stereocenters. The van der Waals surface area contributed by atoms with Crippen LogP contribution in [0.15, 0.2) is 100 Å². The molecular weight excluding hydrogens is 502 g/mol. The van der Waals surface area contributed by atoms with Crippen LogP contribution in [0.1, 0.15) is 44.1 Å². The van der Waals surface area contributed by atoms with Crippen LogP contribution in [0.2, 0.25) is 0 Å². The summed E-state index contributed by atoms with van der Waals surface area (Å²) >= 11 is 6.25. The number of aliphatic imine (C=N–C) groups is 2. The van der Waals surface area contributed by atoms with Crippen LogP contribution in [0.25, 0.3) is 0 Å². The Morgan fingerprint density at radius 2 is 1.23 bits per heavy atom. The Bertz CT molecular complexity index is 1450. The monoisotopic (exact) mass is 533 g/mol. The van der Waals surface area contributed by atoms with Gasteiger partial charge < -0.3 is 5.11 Å². The van der Waals surface area contributed by atoms with E-state index in [4.69, 9.17) is 27.3 Å². The molecule has 4 aliphatic carbocycles. The van der Waals surface area contributed by atoms with Crippen LogP contribution in [-0.4, -0.2) is 43.6 Å². The molecule has 1 aliphatic heterocycles. The summed E-state index contributed by atoms with van der Waals surface area (Å²) < 4.78 is 0. The number of para-hydroxylation sites is 3. The van der Waals surface area contributed by atoms with Gasteiger partial charge in [0.2, 0.25) is 10.9 Å². The van der Waals surface area contributed by atoms with Crippen molar-refractivity contribution in [3.63, 3.8) is 0 Å². The van der Waals surface area contributed by atoms with E-state index in [1.165, 1.54) is 19.3 Å². The minimum Gasteiger partial charge on any atom is -0.507 e. The van der Waals surface area contributed by atoms with Gasteiger partial charge in [-0.2, -0.15) is 10.1 Å². The van der Waals surface area contributed by atoms with Gasteiger partial charge in [0.25, 0.3) is 0 Å². The number of nitrogens with zero attached hydrogens (tertiary/aromatic N) is 5. The molecule has 5 aliphatic rings. The van der Waals surface area contributed by atoms with Crippen molar-refractivity contribution in [3.8, 4) is 5.75 Å². The van der Waals surface area contributed by atoms with Crippen LogP contribution in [-0.2, 0) is 0 Å². The average Bonchev–Trinajstić information content (AvgIpc) is 3.19. The van der Waals surface area contributed by atoms with Crippen LogP contribution in [0.4, 0.5) is 11.4 Å². The van der Waals surface area contributed by atoms with Crippen molar-refractivity contribution in [1.82, 2.24) is 9.91 Å². The van der Waals surface area contributed by atoms with E-state index in [9.17, 15) is 5.11 Å². The standard InChI is InChI=1S/C32H31N5OS/c38-28-14-8-7-9-25(28)21-33-37-30(35-27-12-5-2-6-13-27)29(34-26-10-3-1-4-11-26)36(31(37)39)32-18-22-15-23(19-32)17-24(16-22)20-32/h1-14,21-24,38H,15-20H2/b33-21-,34-29?,35-30?. The van der Waals surface area contributed by atoms with Crippen molar-refractivity contribution in [1.29, 1.82) is 0 Å². The molecule has 8 rings (SSSR count). The maximum absolute atomic E-state index is 10.4. The van der Waals surface area contributed by atoms with E-state index in [1.807, 2.05) is 72.8 Å². The highest BCUT2D eigenvalue weighted by molar-refractivity contribution is 7.80. The van der Waals surface area contributed by atoms with E-state index < -0.39 is 0 Å². The van der Waals surface area contributed by atoms with Crippen molar-refractivity contribution in [2.24, 2.45) is 32.8 Å². The molecule has 0 radical (unpaired) electrons. The minimum atomic E-state index is -0.0734. The first-order valence-electron chi connectivity index (χ1n) is 13.8. The van der Waals surface area contributed by atoms with Gasteiger partial charge in [-0.05, 0) is 105 Å². The lowest BCUT2D eigenvalue weighted by molar-refractivity contribution is -0.0416. The zero-order chi connectivity index (χ0) is 26.4. The highest BCUT2D eigenvalue weighted by Crippen LogP contribution is 2.58. The van der Waals surface area contributed by atoms with Gasteiger partial charge in [-0.25, -0.2) is 9.98 Å². The van der Waals surface area contributed by atoms with Crippen molar-refractivity contribution >= 4 is 46.6 Å². The topological polar surface area (TPSA) is 63.8 Å². The Balaban J connectivity index is 1.39. The molecule has 5 fully saturated rings. The quantitative estimate of drug-likeness (QED) is 0.282. The first kappa shape index (κ1) is 24.2. The molecule has 0 amide bonds. The zero-order valence-corrected chi connectivity index (χ0v) is 22.5. The molecule has 6 nitrogen and oxygen atoms in total. The second-order valence-electron chi connectivity index (χ2n) is 11.4. The van der Waals surface area contributed by atoms with Crippen molar-refractivity contribution in [3.05, 3.63) is 90.5 Å². The Morgan fingerprint density at radius 3 is 1.79 bits per heavy atom. The van der Waals surface area contributed by atoms with Crippen molar-refractivity contribution < 1.29 is 5.11 Å². The highest BCUT2D eigenvalue weighted by Gasteiger charge is 2.58. The van der Waals surface area contributed by atoms with Gasteiger partial charge in [-0.3, -0.25) is 4.90 Å². The lowest BCUT2D eigenvalue weighted by atomic mass is 9.52. The van der Waals surface area contributed by atoms with E-state index in [1.54, 1.807) is 23.4 Å². The first-order valence-corrected chi connectivity index (χ1v) is 14.2. The van der Waals surface area contributed by atoms with E-state index in [-0.39, 0.29) is 11.3 Å². The summed E-state index contributed by atoms with van der Waals surface area (Å²) in [7, 11) is 0. The van der Waals surface area contributed by atoms with Gasteiger partial charge in [0.1, 0.15) is 5.75 Å². The lowest BCUT2D eigenvalue weighted by Crippen LogP contribution is -2.61. The van der Waals surface area contributed by atoms with Gasteiger partial charge in [-0.15, -0.1) is 0 Å². The molecule has 1 N–H and O–H groups in total. The molecule has 3 aromatic carbocycles. The number of hydrogen-bond acceptors (Lipinski definition) is 5. The number of thiocarbonyl (C=S) groups is 1. The smallest absolute Gasteiger partial charge is 0.205 e. The Kier molecular flexibility index (Phi) is 6.04. The Morgan fingerprint density at radius 1 is 0.718 bits per heavy atom. The molecular formula is C32H31N5OS. The molecule has 0 spiro atoms. The number of phenolic OH excluding ortho intramolecular Hbond substituents is 1. The third-order valence-electron chi connectivity index (χ3n) is 8.70. The molecule has 1 heterocycles. The van der Waals surface area contributed by atoms with Gasteiger partial charge in [0.15, 0.2) is 5.84 Å². The zero-order valence-electron chi connectivity index (χ0n) is 21.7. The highest BCUT2D eigenvalue weighted by atomic mass is 32.1. The van der Waals surface area contributed by atoms with E-state index in [0.717, 1.165) is 54.2 Å². The van der Waals surface area contributed by atoms with Gasteiger partial charge in [-0.1, -0.05) is 48.5 Å². The fourth-order valence-electron chi connectivity index (χ4n) is 7.50. The van der Waals surface area contributed by atoms with Gasteiger partial charge in [0.05, 0.1) is 17.6 Å². The molecule has 39 heavy (non-hydrogen) atoms. The molecule has 3 aromatic rings. The molecule has 4 saturated carbocycles. The Labute approximate surface area is 234 Å². The number of aromatic hydroxyl groups is 1. The third-order valence-corrected chi connectivity index (χ3v) is 9.05. The minimum absolute atomic E-state index is 0.0734. The number of amidine groups is 2. The summed E-state index contributed by atoms with van der Waals surface area (Å²) in [6, 6.07) is 27.1. The molecule has 0 unspecified atom stereocenters. The van der Waals surface area contributed by atoms with Crippen molar-refractivity contribution in [2.45, 2.75) is 44.1 Å². The number of phenols is 1. The summed E-state index contributed by atoms with van der Waals surface area (Å²) in [5.74, 6) is 3.76. The maximum Gasteiger partial charge on any atom is 0.205 e. The maximum atomic E-state index is 10.4. The summed E-state index contributed by atoms with van der Waals surface area (Å²) in [4.78, 5) is 12.6. The Hall–Kier alpha value is -3.84. The fourth-order valence-corrected chi connectivity index (χ4v) is 7.92. The van der Waals surface area contributed by atoms with Crippen LogP contribution in [0, 0.1) is 17.8 Å². The number of rotatable bonds is 5. The van der Waals surface area contributed by atoms with Crippen LogP contribution in [0.5, 0.6) is 5.75 Å². The number of benzene rings is 3. The molecule has 0 aromatic heterocycles. The summed E-state index contributed by atoms with van der Waals surface area (Å²) in [6.45, 7) is 0. The van der Waals surface area contributed by atoms with Gasteiger partial charge in [0, 0.05) is 11.1 Å². The summed E-state index contributed by atoms with van der Waals surface area (Å²) in [5.41, 5.74) is 2.22. The average molecular weight is 534 g/mol. The second-order valence-corrected chi connectivity index (χ2v) is 11.8. The largest absolute Gasteiger partial charge is 0.507 e. The molecule has 4 bridgehead atoms. The van der Waals surface area contributed by atoms with E-state index >= 15 is 0 Å². The number of hydrazone groups is 1. The summed E-state index contributed by atoms with van der Waals surface area (Å²) in [6.07, 6.45) is 9.06. The molecule has 196 valence electrons. The molecule has 7 heteroatoms. The predicted molar refractivity (Wildman–Crippen MR) is 160 cm³/mol. The predicted octanol–water partition coefficient (Wildman–Crippen LogP) is 7.06. The third kappa shape index (κ3) is 4.44. The fraction of sp³-hybridized carbons (Fsp3) is 0.312. The lowest BCUT2D eigenvalue weighted by Gasteiger charge is -2.59. The second kappa shape index (κ2) is 9.72. The SMILES string of the molecule is Oc1ccccc1/C=N\N1C(=S)N(C23CC4CC(CC(C4)C2)C3)C(=Nc2ccccc2)C1=Nc1ccccc1. The van der Waals surface area contributed by atoms with E-state index in [2.05, 4.69) is 4.90 Å². The van der Waals surface area contributed by atoms with E-state index in [0.29, 0.717) is 16.5 Å². The summed E-state index contributed by atoms with van der Waals surface area (Å²) in [5, 5.41) is 17.6. The van der Waals surface area contributed by atoms with Crippen molar-refractivity contribution in [2.75, 3.05) is 0 Å². The first-order chi connectivity index (χ1) is 19.1. The normalized spacial score (nSPS) is 29.8. The van der Waals surface area contributed by atoms with Crippen LogP contribution in [0.3, 0.4) is 0 Å². The molecule has 1 saturated heterocycles. The van der Waals surface area contributed by atoms with Crippen LogP contribution >= 0.6 is 12.2 Å². The van der Waals surface area contributed by atoms with Crippen LogP contribution < -0.4 is 0 Å². The number of hydrogen-bond donors (Lipinski definition) is 1. The van der Waals surface area contributed by atoms with Gasteiger partial charge >= 0.3 is 0 Å².